The first kappa shape index (κ1) is 13.8. The average molecular weight is 324 g/mol. The molecule has 0 unspecified atom stereocenters. The van der Waals surface area contributed by atoms with Crippen molar-refractivity contribution in [2.24, 2.45) is 0 Å². The molecular weight excluding hydrogens is 317 g/mol. The zero-order chi connectivity index (χ0) is 15.0. The van der Waals surface area contributed by atoms with Crippen LogP contribution in [0.15, 0.2) is 40.3 Å². The maximum Gasteiger partial charge on any atom is 0.338 e. The highest BCUT2D eigenvalue weighted by Gasteiger charge is 2.15. The Bertz CT molecular complexity index is 827. The number of benzene rings is 1. The molecule has 106 valence electrons. The number of furan rings is 1. The van der Waals surface area contributed by atoms with Gasteiger partial charge in [0.15, 0.2) is 5.76 Å². The fraction of sp³-hybridized carbons (Fsp3) is 0. The van der Waals surface area contributed by atoms with Crippen molar-refractivity contribution in [2.45, 2.75) is 0 Å². The SMILES string of the molecule is O=C(O)c1coc(-c2csc(-c3ccc(Cl)cc3F)n2)c1. The van der Waals surface area contributed by atoms with Crippen molar-refractivity contribution < 1.29 is 18.7 Å². The van der Waals surface area contributed by atoms with Gasteiger partial charge in [0.1, 0.15) is 22.8 Å². The lowest BCUT2D eigenvalue weighted by Gasteiger charge is -1.98. The van der Waals surface area contributed by atoms with Crippen LogP contribution in [0.5, 0.6) is 0 Å². The van der Waals surface area contributed by atoms with Gasteiger partial charge in [-0.05, 0) is 18.2 Å². The number of halogens is 2. The van der Waals surface area contributed by atoms with E-state index in [0.29, 0.717) is 27.0 Å². The lowest BCUT2D eigenvalue weighted by atomic mass is 10.2. The number of carboxylic acids is 1. The van der Waals surface area contributed by atoms with Crippen molar-refractivity contribution in [2.75, 3.05) is 0 Å². The number of hydrogen-bond acceptors (Lipinski definition) is 4. The van der Waals surface area contributed by atoms with Gasteiger partial charge in [-0.1, -0.05) is 11.6 Å². The Labute approximate surface area is 127 Å². The van der Waals surface area contributed by atoms with Gasteiger partial charge in [0.25, 0.3) is 0 Å². The van der Waals surface area contributed by atoms with Gasteiger partial charge in [-0.15, -0.1) is 11.3 Å². The van der Waals surface area contributed by atoms with Crippen molar-refractivity contribution in [1.82, 2.24) is 4.98 Å². The summed E-state index contributed by atoms with van der Waals surface area (Å²) >= 11 is 6.94. The molecule has 0 spiro atoms. The predicted molar refractivity (Wildman–Crippen MR) is 77.2 cm³/mol. The molecule has 0 aliphatic heterocycles. The van der Waals surface area contributed by atoms with Crippen molar-refractivity contribution in [1.29, 1.82) is 0 Å². The number of carbonyl (C=O) groups is 1. The van der Waals surface area contributed by atoms with Crippen LogP contribution in [0.3, 0.4) is 0 Å². The first-order chi connectivity index (χ1) is 10.0. The van der Waals surface area contributed by atoms with Crippen LogP contribution in [-0.2, 0) is 0 Å². The number of thiazole rings is 1. The monoisotopic (exact) mass is 323 g/mol. The van der Waals surface area contributed by atoms with E-state index >= 15 is 0 Å². The van der Waals surface area contributed by atoms with Crippen LogP contribution in [0.1, 0.15) is 10.4 Å². The van der Waals surface area contributed by atoms with Gasteiger partial charge in [0.05, 0.1) is 5.56 Å². The molecule has 2 heterocycles. The standard InChI is InChI=1S/C14H7ClFNO3S/c15-8-1-2-9(10(16)4-8)13-17-11(6-21-13)12-3-7(5-20-12)14(18)19/h1-6H,(H,18,19). The van der Waals surface area contributed by atoms with Crippen molar-refractivity contribution >= 4 is 28.9 Å². The Balaban J connectivity index is 1.97. The van der Waals surface area contributed by atoms with Gasteiger partial charge < -0.3 is 9.52 Å². The fourth-order valence-corrected chi connectivity index (χ4v) is 2.75. The topological polar surface area (TPSA) is 63.3 Å². The highest BCUT2D eigenvalue weighted by Crippen LogP contribution is 2.32. The van der Waals surface area contributed by atoms with Crippen LogP contribution in [0.25, 0.3) is 22.0 Å². The fourth-order valence-electron chi connectivity index (χ4n) is 1.76. The molecule has 0 fully saturated rings. The van der Waals surface area contributed by atoms with E-state index in [0.717, 1.165) is 6.26 Å². The van der Waals surface area contributed by atoms with Gasteiger partial charge in [-0.3, -0.25) is 0 Å². The molecule has 0 radical (unpaired) electrons. The van der Waals surface area contributed by atoms with Crippen LogP contribution in [-0.4, -0.2) is 16.1 Å². The van der Waals surface area contributed by atoms with Crippen LogP contribution in [0.2, 0.25) is 5.02 Å². The van der Waals surface area contributed by atoms with Gasteiger partial charge in [0.2, 0.25) is 0 Å². The largest absolute Gasteiger partial charge is 0.478 e. The quantitative estimate of drug-likeness (QED) is 0.767. The zero-order valence-electron chi connectivity index (χ0n) is 10.3. The summed E-state index contributed by atoms with van der Waals surface area (Å²) in [6.07, 6.45) is 1.14. The summed E-state index contributed by atoms with van der Waals surface area (Å²) in [5.41, 5.74) is 0.828. The highest BCUT2D eigenvalue weighted by molar-refractivity contribution is 7.13. The summed E-state index contributed by atoms with van der Waals surface area (Å²) in [6.45, 7) is 0. The summed E-state index contributed by atoms with van der Waals surface area (Å²) in [5, 5.41) is 11.3. The number of aromatic nitrogens is 1. The number of rotatable bonds is 3. The second-order valence-corrected chi connectivity index (χ2v) is 5.46. The van der Waals surface area contributed by atoms with Crippen molar-refractivity contribution in [3.63, 3.8) is 0 Å². The van der Waals surface area contributed by atoms with Crippen LogP contribution < -0.4 is 0 Å². The molecular formula is C14H7ClFNO3S. The van der Waals surface area contributed by atoms with E-state index in [-0.39, 0.29) is 5.56 Å². The Morgan fingerprint density at radius 2 is 2.19 bits per heavy atom. The minimum absolute atomic E-state index is 0.0391. The van der Waals surface area contributed by atoms with Crippen molar-refractivity contribution in [3.05, 3.63) is 52.3 Å². The predicted octanol–water partition coefficient (Wildman–Crippen LogP) is 4.56. The number of nitrogens with zero attached hydrogens (tertiary/aromatic N) is 1. The van der Waals surface area contributed by atoms with E-state index in [2.05, 4.69) is 4.98 Å². The molecule has 7 heteroatoms. The molecule has 0 amide bonds. The number of aromatic carboxylic acids is 1. The molecule has 0 saturated heterocycles. The molecule has 0 atom stereocenters. The van der Waals surface area contributed by atoms with E-state index in [4.69, 9.17) is 21.1 Å². The Kier molecular flexibility index (Phi) is 3.48. The van der Waals surface area contributed by atoms with Crippen LogP contribution >= 0.6 is 22.9 Å². The van der Waals surface area contributed by atoms with E-state index in [1.807, 2.05) is 0 Å². The van der Waals surface area contributed by atoms with E-state index in [1.165, 1.54) is 23.5 Å². The van der Waals surface area contributed by atoms with Gasteiger partial charge in [-0.2, -0.15) is 0 Å². The van der Waals surface area contributed by atoms with Gasteiger partial charge in [0, 0.05) is 22.0 Å². The third kappa shape index (κ3) is 2.68. The third-order valence-electron chi connectivity index (χ3n) is 2.76. The molecule has 3 rings (SSSR count). The molecule has 21 heavy (non-hydrogen) atoms. The molecule has 2 aromatic heterocycles. The first-order valence-electron chi connectivity index (χ1n) is 5.78. The maximum absolute atomic E-state index is 13.8. The normalized spacial score (nSPS) is 10.8. The summed E-state index contributed by atoms with van der Waals surface area (Å²) in [4.78, 5) is 15.1. The van der Waals surface area contributed by atoms with Crippen LogP contribution in [0.4, 0.5) is 4.39 Å². The minimum atomic E-state index is -1.08. The second kappa shape index (κ2) is 5.31. The molecule has 0 bridgehead atoms. The molecule has 1 N–H and O–H groups in total. The molecule has 0 aliphatic rings. The number of hydrogen-bond donors (Lipinski definition) is 1. The Hall–Kier alpha value is -2.18. The Morgan fingerprint density at radius 3 is 2.86 bits per heavy atom. The summed E-state index contributed by atoms with van der Waals surface area (Å²) in [6, 6.07) is 5.72. The van der Waals surface area contributed by atoms with Gasteiger partial charge in [-0.25, -0.2) is 14.2 Å². The third-order valence-corrected chi connectivity index (χ3v) is 3.88. The maximum atomic E-state index is 13.8. The summed E-state index contributed by atoms with van der Waals surface area (Å²) < 4.78 is 19.0. The smallest absolute Gasteiger partial charge is 0.338 e. The lowest BCUT2D eigenvalue weighted by molar-refractivity contribution is 0.0696. The van der Waals surface area contributed by atoms with E-state index < -0.39 is 11.8 Å². The molecule has 4 nitrogen and oxygen atoms in total. The molecule has 1 aromatic carbocycles. The van der Waals surface area contributed by atoms with Crippen LogP contribution in [0, 0.1) is 5.82 Å². The average Bonchev–Trinajstić information content (AvgIpc) is 3.07. The summed E-state index contributed by atoms with van der Waals surface area (Å²) in [5.74, 6) is -1.22. The minimum Gasteiger partial charge on any atom is -0.478 e. The molecule has 0 saturated carbocycles. The lowest BCUT2D eigenvalue weighted by Crippen LogP contribution is -1.91. The second-order valence-electron chi connectivity index (χ2n) is 4.17. The molecule has 3 aromatic rings. The number of carboxylic acid groups (broad SMARTS) is 1. The summed E-state index contributed by atoms with van der Waals surface area (Å²) in [7, 11) is 0. The van der Waals surface area contributed by atoms with Gasteiger partial charge >= 0.3 is 5.97 Å². The van der Waals surface area contributed by atoms with E-state index in [9.17, 15) is 9.18 Å². The Morgan fingerprint density at radius 1 is 1.38 bits per heavy atom. The van der Waals surface area contributed by atoms with Crippen molar-refractivity contribution in [3.8, 4) is 22.0 Å². The van der Waals surface area contributed by atoms with E-state index in [1.54, 1.807) is 17.5 Å². The zero-order valence-corrected chi connectivity index (χ0v) is 11.9. The first-order valence-corrected chi connectivity index (χ1v) is 7.03. The molecule has 0 aliphatic carbocycles. The highest BCUT2D eigenvalue weighted by atomic mass is 35.5.